The van der Waals surface area contributed by atoms with Crippen LogP contribution < -0.4 is 10.6 Å². The number of piperazine rings is 1. The lowest BCUT2D eigenvalue weighted by Crippen LogP contribution is -2.57. The molecule has 2 heterocycles. The number of para-hydroxylation sites is 1. The van der Waals surface area contributed by atoms with Gasteiger partial charge in [-0.05, 0) is 24.3 Å². The second-order valence-corrected chi connectivity index (χ2v) is 6.91. The summed E-state index contributed by atoms with van der Waals surface area (Å²) < 4.78 is 10.5. The zero-order valence-corrected chi connectivity index (χ0v) is 15.9. The van der Waals surface area contributed by atoms with Crippen molar-refractivity contribution in [3.8, 4) is 0 Å². The Morgan fingerprint density at radius 2 is 2.00 bits per heavy atom. The molecular weight excluding hydrogens is 374 g/mol. The summed E-state index contributed by atoms with van der Waals surface area (Å²) >= 11 is 0. The van der Waals surface area contributed by atoms with E-state index in [1.165, 1.54) is 7.11 Å². The minimum absolute atomic E-state index is 0.000741. The van der Waals surface area contributed by atoms with Crippen LogP contribution in [0.3, 0.4) is 0 Å². The van der Waals surface area contributed by atoms with Gasteiger partial charge in [-0.3, -0.25) is 19.3 Å². The van der Waals surface area contributed by atoms with E-state index in [9.17, 15) is 14.4 Å². The second-order valence-electron chi connectivity index (χ2n) is 6.91. The molecule has 8 nitrogen and oxygen atoms in total. The van der Waals surface area contributed by atoms with Crippen LogP contribution in [-0.4, -0.2) is 55.5 Å². The third-order valence-electron chi connectivity index (χ3n) is 5.04. The number of rotatable bonds is 5. The van der Waals surface area contributed by atoms with Crippen LogP contribution in [0.5, 0.6) is 0 Å². The van der Waals surface area contributed by atoms with Crippen LogP contribution in [0.4, 0.5) is 5.69 Å². The molecule has 0 radical (unpaired) electrons. The summed E-state index contributed by atoms with van der Waals surface area (Å²) in [5.41, 5.74) is 2.17. The lowest BCUT2D eigenvalue weighted by atomic mass is 10.1. The molecule has 2 aromatic carbocycles. The minimum atomic E-state index is -0.720. The number of hydrogen-bond donors (Lipinski definition) is 2. The van der Waals surface area contributed by atoms with E-state index in [2.05, 4.69) is 15.4 Å². The van der Waals surface area contributed by atoms with Gasteiger partial charge in [-0.15, -0.1) is 0 Å². The molecule has 4 rings (SSSR count). The monoisotopic (exact) mass is 395 g/mol. The molecule has 1 atom stereocenters. The van der Waals surface area contributed by atoms with Gasteiger partial charge in [0.05, 0.1) is 20.1 Å². The maximum atomic E-state index is 12.6. The first kappa shape index (κ1) is 18.9. The molecule has 2 amide bonds. The van der Waals surface area contributed by atoms with E-state index in [0.717, 1.165) is 21.9 Å². The summed E-state index contributed by atoms with van der Waals surface area (Å²) in [6, 6.07) is 12.5. The van der Waals surface area contributed by atoms with Crippen LogP contribution in [0.15, 0.2) is 46.9 Å². The zero-order valence-electron chi connectivity index (χ0n) is 15.9. The first-order valence-electron chi connectivity index (χ1n) is 9.35. The number of benzene rings is 2. The van der Waals surface area contributed by atoms with Crippen molar-refractivity contribution in [2.24, 2.45) is 0 Å². The van der Waals surface area contributed by atoms with Gasteiger partial charge < -0.3 is 19.8 Å². The number of hydrogen-bond acceptors (Lipinski definition) is 6. The maximum absolute atomic E-state index is 12.6. The Hall–Kier alpha value is -3.39. The number of ether oxygens (including phenoxy) is 1. The molecule has 8 heteroatoms. The minimum Gasteiger partial charge on any atom is -0.469 e. The smallest absolute Gasteiger partial charge is 0.307 e. The third-order valence-corrected chi connectivity index (χ3v) is 5.04. The van der Waals surface area contributed by atoms with Gasteiger partial charge in [0.2, 0.25) is 11.8 Å². The van der Waals surface area contributed by atoms with Gasteiger partial charge in [0.25, 0.3) is 0 Å². The molecule has 1 aliphatic heterocycles. The fraction of sp³-hybridized carbons (Fsp3) is 0.286. The second kappa shape index (κ2) is 7.92. The van der Waals surface area contributed by atoms with E-state index in [1.54, 1.807) is 11.0 Å². The van der Waals surface area contributed by atoms with Gasteiger partial charge in [-0.25, -0.2) is 0 Å². The van der Waals surface area contributed by atoms with E-state index in [4.69, 9.17) is 4.42 Å². The molecule has 2 N–H and O–H groups in total. The normalized spacial score (nSPS) is 17.3. The number of methoxy groups -OCH3 is 1. The van der Waals surface area contributed by atoms with E-state index in [-0.39, 0.29) is 24.8 Å². The van der Waals surface area contributed by atoms with Crippen LogP contribution in [-0.2, 0) is 19.1 Å². The maximum Gasteiger partial charge on any atom is 0.307 e. The van der Waals surface area contributed by atoms with E-state index < -0.39 is 12.0 Å². The highest BCUT2D eigenvalue weighted by Crippen LogP contribution is 2.30. The number of nitrogens with zero attached hydrogens (tertiary/aromatic N) is 1. The van der Waals surface area contributed by atoms with Crippen molar-refractivity contribution in [2.75, 3.05) is 32.1 Å². The van der Waals surface area contributed by atoms with E-state index >= 15 is 0 Å². The standard InChI is InChI=1S/C21H21N3O5/c1-28-20(26)11-16-21(27)22-8-9-24(16)12-19(25)23-13-6-7-18-15(10-13)14-4-2-3-5-17(14)29-18/h2-7,10,16H,8-9,11-12H2,1H3,(H,22,27)(H,23,25)/t16-/m0/s1. The van der Waals surface area contributed by atoms with E-state index in [1.807, 2.05) is 36.4 Å². The van der Waals surface area contributed by atoms with Crippen molar-refractivity contribution in [3.63, 3.8) is 0 Å². The SMILES string of the molecule is COC(=O)C[C@H]1C(=O)NCCN1CC(=O)Nc1ccc2oc3ccccc3c2c1. The Morgan fingerprint density at radius 3 is 2.83 bits per heavy atom. The van der Waals surface area contributed by atoms with Crippen molar-refractivity contribution in [1.29, 1.82) is 0 Å². The Morgan fingerprint density at radius 1 is 1.21 bits per heavy atom. The summed E-state index contributed by atoms with van der Waals surface area (Å²) in [5.74, 6) is -1.03. The summed E-state index contributed by atoms with van der Waals surface area (Å²) in [6.07, 6.45) is -0.0947. The quantitative estimate of drug-likeness (QED) is 0.640. The predicted octanol–water partition coefficient (Wildman–Crippen LogP) is 1.89. The summed E-state index contributed by atoms with van der Waals surface area (Å²) in [4.78, 5) is 38.0. The Balaban J connectivity index is 1.49. The summed E-state index contributed by atoms with van der Waals surface area (Å²) in [7, 11) is 1.27. The van der Waals surface area contributed by atoms with Crippen molar-refractivity contribution in [3.05, 3.63) is 42.5 Å². The molecule has 3 aromatic rings. The highest BCUT2D eigenvalue weighted by Gasteiger charge is 2.33. The van der Waals surface area contributed by atoms with Crippen molar-refractivity contribution < 1.29 is 23.5 Å². The highest BCUT2D eigenvalue weighted by atomic mass is 16.5. The molecular formula is C21H21N3O5. The van der Waals surface area contributed by atoms with Gasteiger partial charge in [-0.2, -0.15) is 0 Å². The molecule has 0 saturated carbocycles. The number of nitrogens with one attached hydrogen (secondary N) is 2. The number of anilines is 1. The summed E-state index contributed by atoms with van der Waals surface area (Å²) in [6.45, 7) is 0.905. The van der Waals surface area contributed by atoms with Crippen LogP contribution in [0.2, 0.25) is 0 Å². The molecule has 0 spiro atoms. The average molecular weight is 395 g/mol. The Bertz CT molecular complexity index is 1090. The van der Waals surface area contributed by atoms with Crippen LogP contribution in [0.25, 0.3) is 21.9 Å². The van der Waals surface area contributed by atoms with Gasteiger partial charge in [0.15, 0.2) is 0 Å². The largest absolute Gasteiger partial charge is 0.469 e. The Kier molecular flexibility index (Phi) is 5.18. The number of carbonyl (C=O) groups excluding carboxylic acids is 3. The fourth-order valence-electron chi connectivity index (χ4n) is 3.60. The lowest BCUT2D eigenvalue weighted by Gasteiger charge is -2.33. The number of carbonyl (C=O) groups is 3. The lowest BCUT2D eigenvalue weighted by molar-refractivity contribution is -0.146. The molecule has 1 fully saturated rings. The molecule has 150 valence electrons. The fourth-order valence-corrected chi connectivity index (χ4v) is 3.60. The topological polar surface area (TPSA) is 101 Å². The van der Waals surface area contributed by atoms with Gasteiger partial charge in [0.1, 0.15) is 17.2 Å². The first-order valence-corrected chi connectivity index (χ1v) is 9.35. The van der Waals surface area contributed by atoms with Crippen molar-refractivity contribution in [2.45, 2.75) is 12.5 Å². The summed E-state index contributed by atoms with van der Waals surface area (Å²) in [5, 5.41) is 7.48. The molecule has 1 aliphatic rings. The molecule has 0 bridgehead atoms. The number of esters is 1. The number of amides is 2. The van der Waals surface area contributed by atoms with Gasteiger partial charge in [-0.1, -0.05) is 18.2 Å². The molecule has 1 saturated heterocycles. The molecule has 29 heavy (non-hydrogen) atoms. The van der Waals surface area contributed by atoms with Crippen molar-refractivity contribution >= 4 is 45.4 Å². The molecule has 0 unspecified atom stereocenters. The average Bonchev–Trinajstić information content (AvgIpc) is 3.08. The van der Waals surface area contributed by atoms with Crippen LogP contribution in [0, 0.1) is 0 Å². The van der Waals surface area contributed by atoms with Crippen molar-refractivity contribution in [1.82, 2.24) is 10.2 Å². The van der Waals surface area contributed by atoms with Crippen LogP contribution in [0.1, 0.15) is 6.42 Å². The first-order chi connectivity index (χ1) is 14.0. The highest BCUT2D eigenvalue weighted by molar-refractivity contribution is 6.07. The number of furan rings is 1. The molecule has 1 aromatic heterocycles. The van der Waals surface area contributed by atoms with E-state index in [0.29, 0.717) is 18.8 Å². The van der Waals surface area contributed by atoms with Gasteiger partial charge in [0, 0.05) is 29.5 Å². The Labute approximate surface area is 166 Å². The number of fused-ring (bicyclic) bond motifs is 3. The predicted molar refractivity (Wildman–Crippen MR) is 107 cm³/mol. The molecule has 0 aliphatic carbocycles. The third kappa shape index (κ3) is 3.93. The zero-order chi connectivity index (χ0) is 20.4. The van der Waals surface area contributed by atoms with Gasteiger partial charge >= 0.3 is 5.97 Å². The van der Waals surface area contributed by atoms with Crippen LogP contribution >= 0.6 is 0 Å².